The molecular formula is C21H26BClO2. The molecule has 0 heterocycles. The van der Waals surface area contributed by atoms with Gasteiger partial charge in [-0.2, -0.15) is 0 Å². The topological polar surface area (TPSA) is 40.5 Å². The number of halogens is 1. The maximum absolute atomic E-state index is 9.53. The second-order valence-corrected chi connectivity index (χ2v) is 7.50. The summed E-state index contributed by atoms with van der Waals surface area (Å²) in [5.74, 6) is 0.300. The van der Waals surface area contributed by atoms with Crippen molar-refractivity contribution in [2.45, 2.75) is 57.8 Å². The minimum Gasteiger partial charge on any atom is -0.423 e. The molecule has 0 amide bonds. The normalized spacial score (nSPS) is 15.1. The molecule has 1 unspecified atom stereocenters. The van der Waals surface area contributed by atoms with Crippen LogP contribution in [0.25, 0.3) is 11.1 Å². The molecule has 2 aromatic carbocycles. The van der Waals surface area contributed by atoms with Crippen LogP contribution in [0.15, 0.2) is 36.4 Å². The van der Waals surface area contributed by atoms with E-state index in [-0.39, 0.29) is 0 Å². The highest BCUT2D eigenvalue weighted by Gasteiger charge is 2.29. The zero-order valence-corrected chi connectivity index (χ0v) is 15.6. The van der Waals surface area contributed by atoms with Crippen LogP contribution >= 0.6 is 11.6 Å². The molecule has 132 valence electrons. The Hall–Kier alpha value is -1.29. The fourth-order valence-corrected chi connectivity index (χ4v) is 4.13. The van der Waals surface area contributed by atoms with Gasteiger partial charge in [0.1, 0.15) is 0 Å². The number of unbranched alkanes of at least 4 members (excludes halogenated alkanes) is 5. The van der Waals surface area contributed by atoms with Gasteiger partial charge in [0, 0.05) is 10.9 Å². The summed E-state index contributed by atoms with van der Waals surface area (Å²) in [6.07, 6.45) is 8.73. The molecule has 0 aromatic heterocycles. The first-order valence-electron chi connectivity index (χ1n) is 9.41. The van der Waals surface area contributed by atoms with E-state index in [4.69, 9.17) is 11.6 Å². The molecular weight excluding hydrogens is 330 g/mol. The van der Waals surface area contributed by atoms with Crippen LogP contribution in [-0.2, 0) is 0 Å². The minimum absolute atomic E-state index is 0.300. The van der Waals surface area contributed by atoms with Crippen LogP contribution in [0.1, 0.15) is 68.9 Å². The molecule has 0 aliphatic heterocycles. The van der Waals surface area contributed by atoms with Crippen LogP contribution < -0.4 is 5.46 Å². The Morgan fingerprint density at radius 1 is 0.880 bits per heavy atom. The van der Waals surface area contributed by atoms with E-state index in [1.807, 2.05) is 18.2 Å². The monoisotopic (exact) mass is 356 g/mol. The van der Waals surface area contributed by atoms with Crippen LogP contribution in [0, 0.1) is 0 Å². The van der Waals surface area contributed by atoms with Crippen molar-refractivity contribution in [2.75, 3.05) is 0 Å². The zero-order chi connectivity index (χ0) is 17.8. The first-order valence-corrected chi connectivity index (χ1v) is 9.79. The van der Waals surface area contributed by atoms with Crippen molar-refractivity contribution >= 4 is 24.2 Å². The lowest BCUT2D eigenvalue weighted by atomic mass is 9.77. The van der Waals surface area contributed by atoms with E-state index < -0.39 is 7.12 Å². The average Bonchev–Trinajstić information content (AvgIpc) is 2.90. The molecule has 2 aromatic rings. The van der Waals surface area contributed by atoms with Gasteiger partial charge >= 0.3 is 7.12 Å². The number of fused-ring (bicyclic) bond motifs is 3. The third-order valence-electron chi connectivity index (χ3n) is 5.27. The molecule has 0 radical (unpaired) electrons. The summed E-state index contributed by atoms with van der Waals surface area (Å²) in [7, 11) is -1.42. The molecule has 0 saturated heterocycles. The molecule has 1 atom stereocenters. The lowest BCUT2D eigenvalue weighted by Crippen LogP contribution is -2.30. The second kappa shape index (κ2) is 8.40. The van der Waals surface area contributed by atoms with Gasteiger partial charge in [0.2, 0.25) is 0 Å². The zero-order valence-electron chi connectivity index (χ0n) is 14.8. The van der Waals surface area contributed by atoms with Gasteiger partial charge in [-0.25, -0.2) is 0 Å². The predicted molar refractivity (Wildman–Crippen MR) is 107 cm³/mol. The Morgan fingerprint density at radius 3 is 2.24 bits per heavy atom. The molecule has 0 spiro atoms. The molecule has 3 rings (SSSR count). The highest BCUT2D eigenvalue weighted by molar-refractivity contribution is 6.58. The van der Waals surface area contributed by atoms with Crippen LogP contribution in [0.4, 0.5) is 0 Å². The molecule has 1 aliphatic carbocycles. The first-order chi connectivity index (χ1) is 12.1. The van der Waals surface area contributed by atoms with E-state index >= 15 is 0 Å². The summed E-state index contributed by atoms with van der Waals surface area (Å²) in [6, 6.07) is 11.9. The molecule has 4 heteroatoms. The Labute approximate surface area is 156 Å². The number of benzene rings is 2. The Morgan fingerprint density at radius 2 is 1.52 bits per heavy atom. The Balaban J connectivity index is 1.81. The van der Waals surface area contributed by atoms with Crippen LogP contribution in [0.5, 0.6) is 0 Å². The van der Waals surface area contributed by atoms with Gasteiger partial charge < -0.3 is 10.0 Å². The summed E-state index contributed by atoms with van der Waals surface area (Å²) < 4.78 is 0. The van der Waals surface area contributed by atoms with Gasteiger partial charge in [0.05, 0.1) is 0 Å². The summed E-state index contributed by atoms with van der Waals surface area (Å²) >= 11 is 6.25. The Kier molecular flexibility index (Phi) is 6.22. The van der Waals surface area contributed by atoms with Gasteiger partial charge in [-0.05, 0) is 46.3 Å². The van der Waals surface area contributed by atoms with Crippen molar-refractivity contribution < 1.29 is 10.0 Å². The average molecular weight is 357 g/mol. The van der Waals surface area contributed by atoms with E-state index in [1.54, 1.807) is 6.07 Å². The summed E-state index contributed by atoms with van der Waals surface area (Å²) in [6.45, 7) is 2.24. The lowest BCUT2D eigenvalue weighted by molar-refractivity contribution is 0.425. The van der Waals surface area contributed by atoms with E-state index in [0.29, 0.717) is 11.4 Å². The van der Waals surface area contributed by atoms with Gasteiger partial charge in [0.25, 0.3) is 0 Å². The van der Waals surface area contributed by atoms with Gasteiger partial charge in [-0.3, -0.25) is 0 Å². The number of hydrogen-bond donors (Lipinski definition) is 2. The molecule has 1 aliphatic rings. The molecule has 0 bridgehead atoms. The fourth-order valence-electron chi connectivity index (χ4n) is 3.95. The van der Waals surface area contributed by atoms with Crippen molar-refractivity contribution in [1.29, 1.82) is 0 Å². The number of rotatable bonds is 8. The summed E-state index contributed by atoms with van der Waals surface area (Å²) in [5.41, 5.74) is 5.48. The van der Waals surface area contributed by atoms with Gasteiger partial charge in [0.15, 0.2) is 0 Å². The van der Waals surface area contributed by atoms with Crippen molar-refractivity contribution in [3.05, 3.63) is 52.5 Å². The van der Waals surface area contributed by atoms with Crippen molar-refractivity contribution in [2.24, 2.45) is 0 Å². The third-order valence-corrected chi connectivity index (χ3v) is 5.51. The van der Waals surface area contributed by atoms with E-state index in [0.717, 1.165) is 11.4 Å². The van der Waals surface area contributed by atoms with Crippen molar-refractivity contribution in [3.63, 3.8) is 0 Å². The summed E-state index contributed by atoms with van der Waals surface area (Å²) in [5, 5.41) is 19.8. The van der Waals surface area contributed by atoms with E-state index in [1.165, 1.54) is 60.8 Å². The SMILES string of the molecule is CCCCCCCCC1c2cc(Cl)ccc2-c2ccc(B(O)O)cc21. The van der Waals surface area contributed by atoms with Crippen LogP contribution in [0.2, 0.25) is 5.02 Å². The Bertz CT molecular complexity index is 730. The highest BCUT2D eigenvalue weighted by atomic mass is 35.5. The van der Waals surface area contributed by atoms with Crippen LogP contribution in [-0.4, -0.2) is 17.2 Å². The largest absolute Gasteiger partial charge is 0.488 e. The number of hydrogen-bond acceptors (Lipinski definition) is 2. The smallest absolute Gasteiger partial charge is 0.423 e. The quantitative estimate of drug-likeness (QED) is 0.522. The standard InChI is InChI=1S/C21H26BClO2/c1-2-3-4-5-6-7-8-17-20-13-15(22(24)25)9-11-18(20)19-12-10-16(23)14-21(17)19/h9-14,17,24-25H,2-8H2,1H3. The first kappa shape index (κ1) is 18.5. The van der Waals surface area contributed by atoms with Crippen molar-refractivity contribution in [1.82, 2.24) is 0 Å². The molecule has 25 heavy (non-hydrogen) atoms. The predicted octanol–water partition coefficient (Wildman–Crippen LogP) is 4.88. The van der Waals surface area contributed by atoms with Gasteiger partial charge in [-0.1, -0.05) is 81.3 Å². The molecule has 2 N–H and O–H groups in total. The molecule has 2 nitrogen and oxygen atoms in total. The van der Waals surface area contributed by atoms with E-state index in [9.17, 15) is 10.0 Å². The second-order valence-electron chi connectivity index (χ2n) is 7.06. The summed E-state index contributed by atoms with van der Waals surface area (Å²) in [4.78, 5) is 0. The lowest BCUT2D eigenvalue weighted by Gasteiger charge is -2.15. The van der Waals surface area contributed by atoms with Gasteiger partial charge in [-0.15, -0.1) is 0 Å². The molecule has 0 fully saturated rings. The van der Waals surface area contributed by atoms with Crippen molar-refractivity contribution in [3.8, 4) is 11.1 Å². The fraction of sp³-hybridized carbons (Fsp3) is 0.429. The van der Waals surface area contributed by atoms with E-state index in [2.05, 4.69) is 19.1 Å². The maximum Gasteiger partial charge on any atom is 0.488 e. The molecule has 0 saturated carbocycles. The maximum atomic E-state index is 9.53. The third kappa shape index (κ3) is 4.11. The van der Waals surface area contributed by atoms with Crippen LogP contribution in [0.3, 0.4) is 0 Å². The minimum atomic E-state index is -1.42. The highest BCUT2D eigenvalue weighted by Crippen LogP contribution is 2.47.